The lowest BCUT2D eigenvalue weighted by Crippen LogP contribution is -2.42. The SMILES string of the molecule is Cc1ccc(/C=C/C(=O)O[C@H](C)C(=O)N2CCc3ccccc3C2)cc1. The van der Waals surface area contributed by atoms with Crippen molar-refractivity contribution in [1.29, 1.82) is 0 Å². The largest absolute Gasteiger partial charge is 0.449 e. The predicted molar refractivity (Wildman–Crippen MR) is 101 cm³/mol. The van der Waals surface area contributed by atoms with Crippen LogP contribution in [0.5, 0.6) is 0 Å². The number of amides is 1. The van der Waals surface area contributed by atoms with E-state index >= 15 is 0 Å². The normalized spacial score (nSPS) is 14.8. The molecular formula is C22H23NO3. The van der Waals surface area contributed by atoms with Gasteiger partial charge in [-0.05, 0) is 43.0 Å². The zero-order chi connectivity index (χ0) is 18.5. The molecule has 2 aromatic carbocycles. The predicted octanol–water partition coefficient (Wildman–Crippen LogP) is 3.52. The van der Waals surface area contributed by atoms with E-state index in [2.05, 4.69) is 6.07 Å². The molecule has 1 atom stereocenters. The zero-order valence-corrected chi connectivity index (χ0v) is 15.1. The zero-order valence-electron chi connectivity index (χ0n) is 15.1. The molecule has 0 aliphatic carbocycles. The Morgan fingerprint density at radius 3 is 2.50 bits per heavy atom. The van der Waals surface area contributed by atoms with Crippen LogP contribution in [0.25, 0.3) is 6.08 Å². The molecule has 0 saturated heterocycles. The molecule has 0 fully saturated rings. The van der Waals surface area contributed by atoms with Gasteiger partial charge in [-0.1, -0.05) is 54.1 Å². The van der Waals surface area contributed by atoms with Gasteiger partial charge in [0.1, 0.15) is 0 Å². The molecule has 1 heterocycles. The lowest BCUT2D eigenvalue weighted by Gasteiger charge is -2.30. The van der Waals surface area contributed by atoms with E-state index in [0.717, 1.165) is 23.1 Å². The second-order valence-corrected chi connectivity index (χ2v) is 6.60. The summed E-state index contributed by atoms with van der Waals surface area (Å²) < 4.78 is 5.28. The minimum Gasteiger partial charge on any atom is -0.449 e. The minimum atomic E-state index is -0.796. The van der Waals surface area contributed by atoms with Gasteiger partial charge in [0.2, 0.25) is 0 Å². The summed E-state index contributed by atoms with van der Waals surface area (Å²) in [5.74, 6) is -0.666. The number of aryl methyl sites for hydroxylation is 1. The Labute approximate surface area is 154 Å². The molecule has 1 aliphatic heterocycles. The topological polar surface area (TPSA) is 46.6 Å². The van der Waals surface area contributed by atoms with Crippen molar-refractivity contribution >= 4 is 18.0 Å². The average Bonchev–Trinajstić information content (AvgIpc) is 2.66. The van der Waals surface area contributed by atoms with Gasteiger partial charge in [0, 0.05) is 19.2 Å². The Morgan fingerprint density at radius 2 is 1.77 bits per heavy atom. The van der Waals surface area contributed by atoms with E-state index < -0.39 is 12.1 Å². The molecule has 4 nitrogen and oxygen atoms in total. The molecule has 0 bridgehead atoms. The first kappa shape index (κ1) is 17.9. The van der Waals surface area contributed by atoms with E-state index in [1.54, 1.807) is 17.9 Å². The van der Waals surface area contributed by atoms with Gasteiger partial charge in [0.25, 0.3) is 5.91 Å². The van der Waals surface area contributed by atoms with Gasteiger partial charge in [-0.3, -0.25) is 4.79 Å². The molecule has 0 aromatic heterocycles. The first-order valence-electron chi connectivity index (χ1n) is 8.84. The summed E-state index contributed by atoms with van der Waals surface area (Å²) in [6, 6.07) is 15.9. The van der Waals surface area contributed by atoms with Gasteiger partial charge in [-0.2, -0.15) is 0 Å². The summed E-state index contributed by atoms with van der Waals surface area (Å²) in [6.45, 7) is 4.85. The lowest BCUT2D eigenvalue weighted by molar-refractivity contribution is -0.155. The number of ether oxygens (including phenoxy) is 1. The summed E-state index contributed by atoms with van der Waals surface area (Å²) in [5.41, 5.74) is 4.51. The van der Waals surface area contributed by atoms with Gasteiger partial charge in [0.05, 0.1) is 0 Å². The van der Waals surface area contributed by atoms with Crippen LogP contribution in [0.2, 0.25) is 0 Å². The Bertz CT molecular complexity index is 824. The van der Waals surface area contributed by atoms with E-state index in [1.807, 2.05) is 49.4 Å². The van der Waals surface area contributed by atoms with Gasteiger partial charge in [-0.15, -0.1) is 0 Å². The molecule has 0 N–H and O–H groups in total. The van der Waals surface area contributed by atoms with Crippen LogP contribution >= 0.6 is 0 Å². The van der Waals surface area contributed by atoms with E-state index in [4.69, 9.17) is 4.74 Å². The number of benzene rings is 2. The van der Waals surface area contributed by atoms with Crippen LogP contribution in [0.1, 0.15) is 29.2 Å². The fourth-order valence-electron chi connectivity index (χ4n) is 3.05. The van der Waals surface area contributed by atoms with Crippen molar-refractivity contribution in [1.82, 2.24) is 4.90 Å². The van der Waals surface area contributed by atoms with Gasteiger partial charge >= 0.3 is 5.97 Å². The molecule has 0 unspecified atom stereocenters. The van der Waals surface area contributed by atoms with E-state index in [1.165, 1.54) is 11.6 Å². The number of rotatable bonds is 4. The van der Waals surface area contributed by atoms with Crippen molar-refractivity contribution in [2.45, 2.75) is 32.9 Å². The number of hydrogen-bond acceptors (Lipinski definition) is 3. The summed E-state index contributed by atoms with van der Waals surface area (Å²) in [6.07, 6.45) is 3.09. The van der Waals surface area contributed by atoms with Gasteiger partial charge in [0.15, 0.2) is 6.10 Å². The standard InChI is InChI=1S/C22H23NO3/c1-16-7-9-18(10-8-16)11-12-21(24)26-17(2)22(25)23-14-13-19-5-3-4-6-20(19)15-23/h3-12,17H,13-15H2,1-2H3/b12-11+/t17-/m1/s1. The second-order valence-electron chi connectivity index (χ2n) is 6.60. The molecule has 2 aromatic rings. The number of carbonyl (C=O) groups excluding carboxylic acids is 2. The average molecular weight is 349 g/mol. The maximum absolute atomic E-state index is 12.6. The fraction of sp³-hybridized carbons (Fsp3) is 0.273. The van der Waals surface area contributed by atoms with Crippen LogP contribution in [0.4, 0.5) is 0 Å². The Kier molecular flexibility index (Phi) is 5.52. The summed E-state index contributed by atoms with van der Waals surface area (Å²) in [7, 11) is 0. The molecule has 4 heteroatoms. The molecule has 26 heavy (non-hydrogen) atoms. The smallest absolute Gasteiger partial charge is 0.331 e. The molecule has 3 rings (SSSR count). The molecular weight excluding hydrogens is 326 g/mol. The van der Waals surface area contributed by atoms with Crippen LogP contribution < -0.4 is 0 Å². The molecule has 0 radical (unpaired) electrons. The summed E-state index contributed by atoms with van der Waals surface area (Å²) in [5, 5.41) is 0. The Morgan fingerprint density at radius 1 is 1.08 bits per heavy atom. The first-order chi connectivity index (χ1) is 12.5. The third-order valence-corrected chi connectivity index (χ3v) is 4.57. The van der Waals surface area contributed by atoms with Crippen molar-refractivity contribution in [3.8, 4) is 0 Å². The highest BCUT2D eigenvalue weighted by Crippen LogP contribution is 2.19. The Balaban J connectivity index is 1.55. The number of nitrogens with zero attached hydrogens (tertiary/aromatic N) is 1. The maximum atomic E-state index is 12.6. The van der Waals surface area contributed by atoms with Crippen molar-refractivity contribution in [2.75, 3.05) is 6.54 Å². The van der Waals surface area contributed by atoms with Gasteiger partial charge in [-0.25, -0.2) is 4.79 Å². The van der Waals surface area contributed by atoms with Gasteiger partial charge < -0.3 is 9.64 Å². The van der Waals surface area contributed by atoms with Crippen LogP contribution in [-0.4, -0.2) is 29.4 Å². The lowest BCUT2D eigenvalue weighted by atomic mass is 9.99. The van der Waals surface area contributed by atoms with Crippen molar-refractivity contribution < 1.29 is 14.3 Å². The fourth-order valence-corrected chi connectivity index (χ4v) is 3.05. The molecule has 134 valence electrons. The van der Waals surface area contributed by atoms with E-state index in [0.29, 0.717) is 13.1 Å². The van der Waals surface area contributed by atoms with E-state index in [9.17, 15) is 9.59 Å². The number of fused-ring (bicyclic) bond motifs is 1. The molecule has 1 aliphatic rings. The molecule has 0 spiro atoms. The van der Waals surface area contributed by atoms with Crippen molar-refractivity contribution in [3.63, 3.8) is 0 Å². The molecule has 0 saturated carbocycles. The highest BCUT2D eigenvalue weighted by molar-refractivity contribution is 5.90. The maximum Gasteiger partial charge on any atom is 0.331 e. The quantitative estimate of drug-likeness (QED) is 0.627. The third kappa shape index (κ3) is 4.39. The van der Waals surface area contributed by atoms with Crippen molar-refractivity contribution in [3.05, 3.63) is 76.9 Å². The highest BCUT2D eigenvalue weighted by atomic mass is 16.5. The Hall–Kier alpha value is -2.88. The third-order valence-electron chi connectivity index (χ3n) is 4.57. The number of carbonyl (C=O) groups is 2. The first-order valence-corrected chi connectivity index (χ1v) is 8.84. The highest BCUT2D eigenvalue weighted by Gasteiger charge is 2.26. The van der Waals surface area contributed by atoms with Crippen LogP contribution in [0, 0.1) is 6.92 Å². The monoisotopic (exact) mass is 349 g/mol. The summed E-state index contributed by atoms with van der Waals surface area (Å²) >= 11 is 0. The van der Waals surface area contributed by atoms with Crippen molar-refractivity contribution in [2.24, 2.45) is 0 Å². The second kappa shape index (κ2) is 8.00. The van der Waals surface area contributed by atoms with Crippen LogP contribution in [-0.2, 0) is 27.3 Å². The minimum absolute atomic E-state index is 0.156. The van der Waals surface area contributed by atoms with Crippen LogP contribution in [0.3, 0.4) is 0 Å². The molecule has 1 amide bonds. The summed E-state index contributed by atoms with van der Waals surface area (Å²) in [4.78, 5) is 26.3. The van der Waals surface area contributed by atoms with Crippen LogP contribution in [0.15, 0.2) is 54.6 Å². The number of hydrogen-bond donors (Lipinski definition) is 0. The number of esters is 1. The van der Waals surface area contributed by atoms with E-state index in [-0.39, 0.29) is 5.91 Å².